The third kappa shape index (κ3) is 3.77. The molecular weight excluding hydrogens is 324 g/mol. The Balaban J connectivity index is 1.29. The summed E-state index contributed by atoms with van der Waals surface area (Å²) in [6.45, 7) is 2.96. The summed E-state index contributed by atoms with van der Waals surface area (Å²) in [4.78, 5) is 19.1. The van der Waals surface area contributed by atoms with Crippen LogP contribution in [0.3, 0.4) is 0 Å². The number of carbonyl (C=O) groups is 1. The van der Waals surface area contributed by atoms with Gasteiger partial charge in [-0.1, -0.05) is 12.1 Å². The van der Waals surface area contributed by atoms with E-state index < -0.39 is 0 Å². The number of aromatic nitrogens is 1. The molecule has 0 N–H and O–H groups in total. The fourth-order valence-corrected chi connectivity index (χ4v) is 4.04. The first-order chi connectivity index (χ1) is 11.8. The number of hydrogen-bond acceptors (Lipinski definition) is 5. The van der Waals surface area contributed by atoms with Crippen LogP contribution in [-0.2, 0) is 20.9 Å². The van der Waals surface area contributed by atoms with Gasteiger partial charge in [-0.2, -0.15) is 0 Å². The molecule has 1 aliphatic carbocycles. The lowest BCUT2D eigenvalue weighted by Crippen LogP contribution is -2.39. The molecule has 1 atom stereocenters. The van der Waals surface area contributed by atoms with Crippen LogP contribution in [-0.4, -0.2) is 48.2 Å². The zero-order valence-electron chi connectivity index (χ0n) is 13.6. The van der Waals surface area contributed by atoms with Gasteiger partial charge < -0.3 is 14.4 Å². The number of hydrogen-bond donors (Lipinski definition) is 0. The molecule has 2 aliphatic rings. The van der Waals surface area contributed by atoms with Crippen LogP contribution in [0.4, 0.5) is 0 Å². The maximum absolute atomic E-state index is 12.5. The van der Waals surface area contributed by atoms with E-state index in [1.165, 1.54) is 0 Å². The third-order valence-corrected chi connectivity index (χ3v) is 5.59. The molecule has 1 aromatic carbocycles. The van der Waals surface area contributed by atoms with Gasteiger partial charge in [0.25, 0.3) is 0 Å². The minimum atomic E-state index is 0.102. The van der Waals surface area contributed by atoms with Crippen molar-refractivity contribution in [2.24, 2.45) is 5.92 Å². The monoisotopic (exact) mass is 346 g/mol. The van der Waals surface area contributed by atoms with Crippen LogP contribution in [0.25, 0.3) is 10.2 Å². The number of carbonyl (C=O) groups excluding carboxylic acids is 1. The largest absolute Gasteiger partial charge is 0.381 e. The molecule has 2 aromatic rings. The number of fused-ring (bicyclic) bond motifs is 1. The van der Waals surface area contributed by atoms with Crippen molar-refractivity contribution in [2.75, 3.05) is 26.4 Å². The second-order valence-corrected chi connectivity index (χ2v) is 7.69. The van der Waals surface area contributed by atoms with Gasteiger partial charge in [0, 0.05) is 25.1 Å². The minimum absolute atomic E-state index is 0.102. The second kappa shape index (κ2) is 7.17. The average molecular weight is 346 g/mol. The first-order valence-corrected chi connectivity index (χ1v) is 9.40. The maximum atomic E-state index is 12.5. The van der Waals surface area contributed by atoms with Crippen molar-refractivity contribution in [3.63, 3.8) is 0 Å². The summed E-state index contributed by atoms with van der Waals surface area (Å²) in [5.41, 5.74) is 0.994. The van der Waals surface area contributed by atoms with Gasteiger partial charge in [-0.3, -0.25) is 4.79 Å². The Morgan fingerprint density at radius 3 is 2.96 bits per heavy atom. The standard InChI is InChI=1S/C18H22N2O3S/c21-18(20(14-5-6-14)9-13-7-8-22-10-13)12-23-11-17-19-15-3-1-2-4-16(15)24-17/h1-4,13-14H,5-12H2/t13-/m1/s1. The van der Waals surface area contributed by atoms with Gasteiger partial charge in [0.15, 0.2) is 0 Å². The number of amides is 1. The van der Waals surface area contributed by atoms with Crippen molar-refractivity contribution in [3.05, 3.63) is 29.3 Å². The Kier molecular flexibility index (Phi) is 4.78. The number of para-hydroxylation sites is 1. The van der Waals surface area contributed by atoms with Crippen LogP contribution < -0.4 is 0 Å². The van der Waals surface area contributed by atoms with Crippen molar-refractivity contribution in [2.45, 2.75) is 31.9 Å². The van der Waals surface area contributed by atoms with Gasteiger partial charge in [0.1, 0.15) is 11.6 Å². The maximum Gasteiger partial charge on any atom is 0.248 e. The lowest BCUT2D eigenvalue weighted by molar-refractivity contribution is -0.137. The highest BCUT2D eigenvalue weighted by Gasteiger charge is 2.34. The second-order valence-electron chi connectivity index (χ2n) is 6.58. The number of thiazole rings is 1. The highest BCUT2D eigenvalue weighted by Crippen LogP contribution is 2.29. The molecule has 2 fully saturated rings. The molecule has 5 nitrogen and oxygen atoms in total. The van der Waals surface area contributed by atoms with Crippen LogP contribution in [0.2, 0.25) is 0 Å². The van der Waals surface area contributed by atoms with E-state index in [1.807, 2.05) is 23.1 Å². The van der Waals surface area contributed by atoms with Crippen molar-refractivity contribution in [1.29, 1.82) is 0 Å². The van der Waals surface area contributed by atoms with E-state index >= 15 is 0 Å². The first-order valence-electron chi connectivity index (χ1n) is 8.59. The number of benzene rings is 1. The summed E-state index contributed by atoms with van der Waals surface area (Å²) in [6, 6.07) is 8.47. The summed E-state index contributed by atoms with van der Waals surface area (Å²) in [5.74, 6) is 0.587. The first kappa shape index (κ1) is 16.0. The number of rotatable bonds is 7. The topological polar surface area (TPSA) is 51.7 Å². The Morgan fingerprint density at radius 2 is 2.21 bits per heavy atom. The highest BCUT2D eigenvalue weighted by atomic mass is 32.1. The zero-order chi connectivity index (χ0) is 16.4. The van der Waals surface area contributed by atoms with Crippen LogP contribution in [0, 0.1) is 5.92 Å². The number of nitrogens with zero attached hydrogens (tertiary/aromatic N) is 2. The van der Waals surface area contributed by atoms with Crippen molar-refractivity contribution >= 4 is 27.5 Å². The van der Waals surface area contributed by atoms with Crippen LogP contribution in [0.15, 0.2) is 24.3 Å². The van der Waals surface area contributed by atoms with E-state index in [0.29, 0.717) is 18.6 Å². The van der Waals surface area contributed by atoms with Gasteiger partial charge in [-0.25, -0.2) is 4.98 Å². The third-order valence-electron chi connectivity index (χ3n) is 4.58. The minimum Gasteiger partial charge on any atom is -0.381 e. The lowest BCUT2D eigenvalue weighted by Gasteiger charge is -2.25. The van der Waals surface area contributed by atoms with E-state index in [9.17, 15) is 4.79 Å². The molecule has 1 saturated heterocycles. The molecule has 24 heavy (non-hydrogen) atoms. The van der Waals surface area contributed by atoms with Crippen molar-refractivity contribution < 1.29 is 14.3 Å². The fourth-order valence-electron chi connectivity index (χ4n) is 3.14. The molecule has 6 heteroatoms. The van der Waals surface area contributed by atoms with E-state index in [2.05, 4.69) is 11.1 Å². The molecule has 1 saturated carbocycles. The van der Waals surface area contributed by atoms with Gasteiger partial charge in [0.05, 0.1) is 23.4 Å². The Morgan fingerprint density at radius 1 is 1.33 bits per heavy atom. The predicted molar refractivity (Wildman–Crippen MR) is 92.9 cm³/mol. The Hall–Kier alpha value is -1.50. The SMILES string of the molecule is O=C(COCc1nc2ccccc2s1)N(C[C@H]1CCOC1)C1CC1. The summed E-state index contributed by atoms with van der Waals surface area (Å²) in [6.07, 6.45) is 3.30. The molecular formula is C18H22N2O3S. The quantitative estimate of drug-likeness (QED) is 0.774. The van der Waals surface area contributed by atoms with Crippen LogP contribution in [0.5, 0.6) is 0 Å². The normalized spacial score (nSPS) is 20.6. The average Bonchev–Trinajstić information content (AvgIpc) is 3.13. The van der Waals surface area contributed by atoms with Crippen LogP contribution in [0.1, 0.15) is 24.3 Å². The van der Waals surface area contributed by atoms with Gasteiger partial charge in [0.2, 0.25) is 5.91 Å². The van der Waals surface area contributed by atoms with Crippen molar-refractivity contribution in [3.8, 4) is 0 Å². The summed E-state index contributed by atoms with van der Waals surface area (Å²) in [7, 11) is 0. The molecule has 0 radical (unpaired) electrons. The zero-order valence-corrected chi connectivity index (χ0v) is 14.5. The highest BCUT2D eigenvalue weighted by molar-refractivity contribution is 7.18. The molecule has 1 aliphatic heterocycles. The molecule has 0 bridgehead atoms. The molecule has 2 heterocycles. The smallest absolute Gasteiger partial charge is 0.248 e. The molecule has 128 valence electrons. The summed E-state index contributed by atoms with van der Waals surface area (Å²) in [5, 5.41) is 0.922. The summed E-state index contributed by atoms with van der Waals surface area (Å²) >= 11 is 1.62. The van der Waals surface area contributed by atoms with Gasteiger partial charge in [-0.15, -0.1) is 11.3 Å². The molecule has 0 spiro atoms. The Bertz CT molecular complexity index is 674. The molecule has 1 aromatic heterocycles. The summed E-state index contributed by atoms with van der Waals surface area (Å²) < 4.78 is 12.2. The van der Waals surface area contributed by atoms with Gasteiger partial charge in [-0.05, 0) is 31.4 Å². The van der Waals surface area contributed by atoms with E-state index in [-0.39, 0.29) is 12.5 Å². The lowest BCUT2D eigenvalue weighted by atomic mass is 10.1. The van der Waals surface area contributed by atoms with Crippen LogP contribution >= 0.6 is 11.3 Å². The van der Waals surface area contributed by atoms with Gasteiger partial charge >= 0.3 is 0 Å². The number of ether oxygens (including phenoxy) is 2. The van der Waals surface area contributed by atoms with E-state index in [1.54, 1.807) is 11.3 Å². The van der Waals surface area contributed by atoms with E-state index in [4.69, 9.17) is 9.47 Å². The van der Waals surface area contributed by atoms with E-state index in [0.717, 1.165) is 54.2 Å². The van der Waals surface area contributed by atoms with Crippen molar-refractivity contribution in [1.82, 2.24) is 9.88 Å². The Labute approximate surface area is 145 Å². The fraction of sp³-hybridized carbons (Fsp3) is 0.556. The predicted octanol–water partition coefficient (Wildman–Crippen LogP) is 2.84. The molecule has 4 rings (SSSR count). The molecule has 0 unspecified atom stereocenters. The molecule has 1 amide bonds.